The molecule has 3 rings (SSSR count). The van der Waals surface area contributed by atoms with Crippen molar-refractivity contribution < 1.29 is 14.2 Å². The largest absolute Gasteiger partial charge is 0.420 e. The molecule has 3 heteroatoms. The van der Waals surface area contributed by atoms with Crippen molar-refractivity contribution in [1.29, 1.82) is 0 Å². The summed E-state index contributed by atoms with van der Waals surface area (Å²) in [5.41, 5.74) is 6.90. The van der Waals surface area contributed by atoms with Crippen LogP contribution in [0.3, 0.4) is 0 Å². The van der Waals surface area contributed by atoms with E-state index in [1.165, 1.54) is 0 Å². The van der Waals surface area contributed by atoms with Crippen molar-refractivity contribution >= 4 is 0 Å². The lowest BCUT2D eigenvalue weighted by atomic mass is 9.93. The van der Waals surface area contributed by atoms with Gasteiger partial charge in [0.2, 0.25) is 0 Å². The number of hydrogen-bond acceptors (Lipinski definition) is 3. The molecule has 41 heavy (non-hydrogen) atoms. The smallest absolute Gasteiger partial charge is 0.414 e. The molecule has 3 nitrogen and oxygen atoms in total. The average molecular weight is 559 g/mol. The van der Waals surface area contributed by atoms with E-state index in [9.17, 15) is 0 Å². The molecule has 0 saturated carbocycles. The number of para-hydroxylation sites is 3. The van der Waals surface area contributed by atoms with Gasteiger partial charge in [-0.3, -0.25) is 0 Å². The standard InChI is InChI=1S/C38H54O3/c1-23(2)29-17-14-18-30(24(3)4)35(29)39-38(13,40-36-31(25(5)6)19-15-20-32(36)26(7)8)41-37-33(27(9)10)21-16-22-34(37)28(11)12/h14-28H,1-13H3. The van der Waals surface area contributed by atoms with E-state index in [0.717, 1.165) is 50.6 Å². The molecular weight excluding hydrogens is 504 g/mol. The summed E-state index contributed by atoms with van der Waals surface area (Å²) in [6, 6.07) is 19.4. The van der Waals surface area contributed by atoms with Crippen LogP contribution in [0.15, 0.2) is 54.6 Å². The van der Waals surface area contributed by atoms with Gasteiger partial charge in [-0.25, -0.2) is 0 Å². The maximum Gasteiger partial charge on any atom is 0.414 e. The molecule has 0 aromatic heterocycles. The van der Waals surface area contributed by atoms with Crippen LogP contribution in [0.25, 0.3) is 0 Å². The average Bonchev–Trinajstić information content (AvgIpc) is 2.87. The highest BCUT2D eigenvalue weighted by molar-refractivity contribution is 5.48. The third kappa shape index (κ3) is 7.48. The van der Waals surface area contributed by atoms with Crippen LogP contribution < -0.4 is 14.2 Å². The number of rotatable bonds is 12. The van der Waals surface area contributed by atoms with Gasteiger partial charge in [0.05, 0.1) is 6.92 Å². The molecule has 0 radical (unpaired) electrons. The highest BCUT2D eigenvalue weighted by atomic mass is 16.9. The summed E-state index contributed by atoms with van der Waals surface area (Å²) in [5.74, 6) is 2.76. The molecule has 3 aromatic rings. The molecule has 224 valence electrons. The lowest BCUT2D eigenvalue weighted by Crippen LogP contribution is -2.46. The van der Waals surface area contributed by atoms with E-state index in [0.29, 0.717) is 0 Å². The zero-order valence-corrected chi connectivity index (χ0v) is 27.9. The molecule has 0 spiro atoms. The lowest BCUT2D eigenvalue weighted by Gasteiger charge is -2.36. The molecule has 0 unspecified atom stereocenters. The van der Waals surface area contributed by atoms with Gasteiger partial charge in [0.1, 0.15) is 17.2 Å². The second kappa shape index (κ2) is 13.4. The van der Waals surface area contributed by atoms with E-state index in [1.807, 2.05) is 6.92 Å². The third-order valence-corrected chi connectivity index (χ3v) is 7.82. The molecule has 0 bridgehead atoms. The van der Waals surface area contributed by atoms with Crippen LogP contribution in [-0.4, -0.2) is 5.97 Å². The fourth-order valence-corrected chi connectivity index (χ4v) is 5.42. The van der Waals surface area contributed by atoms with E-state index >= 15 is 0 Å². The normalized spacial score (nSPS) is 12.4. The molecule has 0 fully saturated rings. The van der Waals surface area contributed by atoms with Crippen molar-refractivity contribution in [3.8, 4) is 17.2 Å². The zero-order chi connectivity index (χ0) is 30.6. The quantitative estimate of drug-likeness (QED) is 0.207. The second-order valence-corrected chi connectivity index (χ2v) is 13.4. The summed E-state index contributed by atoms with van der Waals surface area (Å²) in [7, 11) is 0. The first-order chi connectivity index (χ1) is 19.2. The predicted molar refractivity (Wildman–Crippen MR) is 174 cm³/mol. The second-order valence-electron chi connectivity index (χ2n) is 13.4. The van der Waals surface area contributed by atoms with Gasteiger partial charge in [-0.05, 0) is 68.9 Å². The van der Waals surface area contributed by atoms with E-state index in [4.69, 9.17) is 14.2 Å². The van der Waals surface area contributed by atoms with Gasteiger partial charge in [-0.1, -0.05) is 138 Å². The molecule has 0 aliphatic carbocycles. The van der Waals surface area contributed by atoms with Crippen molar-refractivity contribution in [1.82, 2.24) is 0 Å². The highest BCUT2D eigenvalue weighted by Gasteiger charge is 2.38. The Morgan fingerprint density at radius 3 is 0.683 bits per heavy atom. The van der Waals surface area contributed by atoms with Crippen molar-refractivity contribution in [3.05, 3.63) is 88.0 Å². The Balaban J connectivity index is 2.33. The molecule has 0 amide bonds. The van der Waals surface area contributed by atoms with Crippen molar-refractivity contribution in [2.75, 3.05) is 0 Å². The highest BCUT2D eigenvalue weighted by Crippen LogP contribution is 2.43. The lowest BCUT2D eigenvalue weighted by molar-refractivity contribution is -0.240. The van der Waals surface area contributed by atoms with E-state index in [2.05, 4.69) is 138 Å². The Bertz CT molecular complexity index is 1060. The topological polar surface area (TPSA) is 27.7 Å². The molecule has 0 aliphatic rings. The molecule has 3 aromatic carbocycles. The van der Waals surface area contributed by atoms with Crippen molar-refractivity contribution in [3.63, 3.8) is 0 Å². The third-order valence-electron chi connectivity index (χ3n) is 7.82. The summed E-state index contributed by atoms with van der Waals surface area (Å²) in [6.45, 7) is 28.5. The fourth-order valence-electron chi connectivity index (χ4n) is 5.42. The van der Waals surface area contributed by atoms with Gasteiger partial charge in [0, 0.05) is 0 Å². The molecule has 0 N–H and O–H groups in total. The van der Waals surface area contributed by atoms with Gasteiger partial charge >= 0.3 is 5.97 Å². The molecule has 0 saturated heterocycles. The zero-order valence-electron chi connectivity index (χ0n) is 27.9. The van der Waals surface area contributed by atoms with E-state index in [1.54, 1.807) is 0 Å². The van der Waals surface area contributed by atoms with Crippen LogP contribution in [0.1, 0.15) is 159 Å². The minimum atomic E-state index is -1.43. The molecule has 0 heterocycles. The monoisotopic (exact) mass is 558 g/mol. The molecular formula is C38H54O3. The van der Waals surface area contributed by atoms with Crippen LogP contribution in [0, 0.1) is 0 Å². The van der Waals surface area contributed by atoms with Gasteiger partial charge in [0.15, 0.2) is 0 Å². The minimum absolute atomic E-state index is 0.274. The molecule has 0 aliphatic heterocycles. The number of benzene rings is 3. The van der Waals surface area contributed by atoms with Gasteiger partial charge in [-0.15, -0.1) is 0 Å². The van der Waals surface area contributed by atoms with Gasteiger partial charge in [-0.2, -0.15) is 0 Å². The van der Waals surface area contributed by atoms with E-state index < -0.39 is 5.97 Å². The first-order valence-corrected chi connectivity index (χ1v) is 15.6. The molecule has 0 atom stereocenters. The van der Waals surface area contributed by atoms with Crippen LogP contribution >= 0.6 is 0 Å². The minimum Gasteiger partial charge on any atom is -0.420 e. The Hall–Kier alpha value is -2.94. The summed E-state index contributed by atoms with van der Waals surface area (Å²) in [4.78, 5) is 0. The summed E-state index contributed by atoms with van der Waals surface area (Å²) >= 11 is 0. The van der Waals surface area contributed by atoms with Crippen LogP contribution in [0.5, 0.6) is 17.2 Å². The number of hydrogen-bond donors (Lipinski definition) is 0. The Labute approximate surface area is 250 Å². The Kier molecular flexibility index (Phi) is 10.6. The fraction of sp³-hybridized carbons (Fsp3) is 0.526. The maximum absolute atomic E-state index is 7.09. The maximum atomic E-state index is 7.09. The van der Waals surface area contributed by atoms with Gasteiger partial charge in [0.25, 0.3) is 0 Å². The first-order valence-electron chi connectivity index (χ1n) is 15.6. The van der Waals surface area contributed by atoms with E-state index in [-0.39, 0.29) is 35.5 Å². The summed E-state index contributed by atoms with van der Waals surface area (Å²) in [6.07, 6.45) is 0. The first kappa shape index (κ1) is 32.6. The number of ether oxygens (including phenoxy) is 3. The summed E-state index contributed by atoms with van der Waals surface area (Å²) < 4.78 is 21.3. The predicted octanol–water partition coefficient (Wildman–Crippen LogP) is 11.6. The SMILES string of the molecule is CC(C)c1cccc(C(C)C)c1OC(C)(Oc1c(C(C)C)cccc1C(C)C)Oc1c(C(C)C)cccc1C(C)C. The Morgan fingerprint density at radius 1 is 0.366 bits per heavy atom. The Morgan fingerprint density at radius 2 is 0.537 bits per heavy atom. The van der Waals surface area contributed by atoms with Crippen LogP contribution in [0.4, 0.5) is 0 Å². The van der Waals surface area contributed by atoms with Crippen molar-refractivity contribution in [2.45, 2.75) is 131 Å². The summed E-state index contributed by atoms with van der Waals surface area (Å²) in [5, 5.41) is 0. The van der Waals surface area contributed by atoms with Crippen LogP contribution in [-0.2, 0) is 0 Å². The van der Waals surface area contributed by atoms with Crippen LogP contribution in [0.2, 0.25) is 0 Å². The van der Waals surface area contributed by atoms with Crippen molar-refractivity contribution in [2.24, 2.45) is 0 Å². The van der Waals surface area contributed by atoms with Gasteiger partial charge < -0.3 is 14.2 Å².